The molecule has 1 aromatic carbocycles. The lowest BCUT2D eigenvalue weighted by atomic mass is 10.0. The van der Waals surface area contributed by atoms with Crippen molar-refractivity contribution in [3.63, 3.8) is 0 Å². The minimum atomic E-state index is 0.489. The molecule has 1 rings (SSSR count). The molecule has 4 nitrogen and oxygen atoms in total. The van der Waals surface area contributed by atoms with E-state index in [1.54, 1.807) is 0 Å². The second-order valence-corrected chi connectivity index (χ2v) is 5.61. The molecule has 0 fully saturated rings. The highest BCUT2D eigenvalue weighted by Gasteiger charge is 2.02. The van der Waals surface area contributed by atoms with Gasteiger partial charge in [-0.3, -0.25) is 4.99 Å². The largest absolute Gasteiger partial charge is 0.370 e. The van der Waals surface area contributed by atoms with Crippen LogP contribution in [0.2, 0.25) is 0 Å². The highest BCUT2D eigenvalue weighted by Crippen LogP contribution is 2.18. The second kappa shape index (κ2) is 9.40. The van der Waals surface area contributed by atoms with Gasteiger partial charge in [-0.15, -0.1) is 0 Å². The van der Waals surface area contributed by atoms with Crippen molar-refractivity contribution in [2.24, 2.45) is 10.7 Å². The predicted molar refractivity (Wildman–Crippen MR) is 93.0 cm³/mol. The SMILES string of the molecule is CCCN(CC)CCN=C(N)Nc1cccc(C(C)C)c1. The smallest absolute Gasteiger partial charge is 0.193 e. The Morgan fingerprint density at radius 2 is 2.05 bits per heavy atom. The van der Waals surface area contributed by atoms with Gasteiger partial charge in [0.15, 0.2) is 5.96 Å². The van der Waals surface area contributed by atoms with E-state index in [9.17, 15) is 0 Å². The molecule has 1 aromatic rings. The maximum absolute atomic E-state index is 5.95. The molecule has 0 spiro atoms. The van der Waals surface area contributed by atoms with E-state index in [0.717, 1.165) is 31.9 Å². The number of benzene rings is 1. The summed E-state index contributed by atoms with van der Waals surface area (Å²) in [6.45, 7) is 12.6. The average Bonchev–Trinajstić information content (AvgIpc) is 2.46. The summed E-state index contributed by atoms with van der Waals surface area (Å²) in [4.78, 5) is 6.79. The molecule has 21 heavy (non-hydrogen) atoms. The Morgan fingerprint density at radius 1 is 1.29 bits per heavy atom. The number of nitrogens with one attached hydrogen (secondary N) is 1. The van der Waals surface area contributed by atoms with Crippen LogP contribution >= 0.6 is 0 Å². The maximum Gasteiger partial charge on any atom is 0.193 e. The van der Waals surface area contributed by atoms with E-state index in [-0.39, 0.29) is 0 Å². The van der Waals surface area contributed by atoms with Gasteiger partial charge < -0.3 is 16.0 Å². The molecule has 0 saturated heterocycles. The molecule has 0 bridgehead atoms. The minimum Gasteiger partial charge on any atom is -0.370 e. The molecule has 0 saturated carbocycles. The fourth-order valence-corrected chi connectivity index (χ4v) is 2.22. The van der Waals surface area contributed by atoms with Gasteiger partial charge in [0.1, 0.15) is 0 Å². The van der Waals surface area contributed by atoms with Gasteiger partial charge in [-0.2, -0.15) is 0 Å². The van der Waals surface area contributed by atoms with Crippen LogP contribution in [0.4, 0.5) is 5.69 Å². The fourth-order valence-electron chi connectivity index (χ4n) is 2.22. The zero-order chi connectivity index (χ0) is 15.7. The lowest BCUT2D eigenvalue weighted by molar-refractivity contribution is 0.297. The van der Waals surface area contributed by atoms with E-state index in [0.29, 0.717) is 11.9 Å². The monoisotopic (exact) mass is 290 g/mol. The highest BCUT2D eigenvalue weighted by atomic mass is 15.1. The number of nitrogens with two attached hydrogens (primary N) is 1. The van der Waals surface area contributed by atoms with Gasteiger partial charge in [-0.25, -0.2) is 0 Å². The van der Waals surface area contributed by atoms with Crippen molar-refractivity contribution in [3.8, 4) is 0 Å². The Kier molecular flexibility index (Phi) is 7.83. The van der Waals surface area contributed by atoms with Gasteiger partial charge >= 0.3 is 0 Å². The van der Waals surface area contributed by atoms with Gasteiger partial charge in [0.25, 0.3) is 0 Å². The van der Waals surface area contributed by atoms with Gasteiger partial charge in [0.2, 0.25) is 0 Å². The van der Waals surface area contributed by atoms with Crippen LogP contribution in [0.5, 0.6) is 0 Å². The second-order valence-electron chi connectivity index (χ2n) is 5.61. The highest BCUT2D eigenvalue weighted by molar-refractivity contribution is 5.92. The van der Waals surface area contributed by atoms with Crippen LogP contribution in [0.15, 0.2) is 29.3 Å². The minimum absolute atomic E-state index is 0.489. The van der Waals surface area contributed by atoms with Gasteiger partial charge in [-0.05, 0) is 43.1 Å². The molecule has 0 radical (unpaired) electrons. The number of aliphatic imine (C=N–C) groups is 1. The fraction of sp³-hybridized carbons (Fsp3) is 0.588. The third-order valence-corrected chi connectivity index (χ3v) is 3.51. The summed E-state index contributed by atoms with van der Waals surface area (Å²) in [7, 11) is 0. The van der Waals surface area contributed by atoms with E-state index in [1.165, 1.54) is 12.0 Å². The van der Waals surface area contributed by atoms with E-state index < -0.39 is 0 Å². The first-order valence-corrected chi connectivity index (χ1v) is 7.96. The van der Waals surface area contributed by atoms with Crippen molar-refractivity contribution in [3.05, 3.63) is 29.8 Å². The molecule has 0 atom stereocenters. The van der Waals surface area contributed by atoms with Crippen LogP contribution in [0.25, 0.3) is 0 Å². The van der Waals surface area contributed by atoms with Crippen molar-refractivity contribution in [2.45, 2.75) is 40.0 Å². The van der Waals surface area contributed by atoms with Crippen molar-refractivity contribution in [2.75, 3.05) is 31.5 Å². The normalized spacial score (nSPS) is 12.2. The van der Waals surface area contributed by atoms with Gasteiger partial charge in [-0.1, -0.05) is 39.8 Å². The molecule has 4 heteroatoms. The zero-order valence-corrected chi connectivity index (χ0v) is 13.9. The zero-order valence-electron chi connectivity index (χ0n) is 13.9. The number of nitrogens with zero attached hydrogens (tertiary/aromatic N) is 2. The molecular formula is C17H30N4. The third kappa shape index (κ3) is 6.63. The number of likely N-dealkylation sites (N-methyl/N-ethyl adjacent to an activating group) is 1. The molecule has 0 heterocycles. The van der Waals surface area contributed by atoms with Crippen LogP contribution in [-0.4, -0.2) is 37.0 Å². The van der Waals surface area contributed by atoms with E-state index >= 15 is 0 Å². The van der Waals surface area contributed by atoms with Crippen LogP contribution in [0, 0.1) is 0 Å². The summed E-state index contributed by atoms with van der Waals surface area (Å²) >= 11 is 0. The summed E-state index contributed by atoms with van der Waals surface area (Å²) in [5, 5.41) is 3.17. The molecule has 0 unspecified atom stereocenters. The van der Waals surface area contributed by atoms with Crippen molar-refractivity contribution in [1.29, 1.82) is 0 Å². The first-order chi connectivity index (χ1) is 10.1. The average molecular weight is 290 g/mol. The summed E-state index contributed by atoms with van der Waals surface area (Å²) in [5.41, 5.74) is 8.26. The molecule has 0 aromatic heterocycles. The Morgan fingerprint density at radius 3 is 2.67 bits per heavy atom. The standard InChI is InChI=1S/C17H30N4/c1-5-11-21(6-2)12-10-19-17(18)20-16-9-7-8-15(13-16)14(3)4/h7-9,13-14H,5-6,10-12H2,1-4H3,(H3,18,19,20). The Balaban J connectivity index is 2.50. The molecule has 0 aliphatic carbocycles. The number of rotatable bonds is 8. The van der Waals surface area contributed by atoms with Crippen molar-refractivity contribution >= 4 is 11.6 Å². The maximum atomic E-state index is 5.95. The Bertz CT molecular complexity index is 440. The van der Waals surface area contributed by atoms with Crippen LogP contribution in [-0.2, 0) is 0 Å². The summed E-state index contributed by atoms with van der Waals surface area (Å²) in [6.07, 6.45) is 1.17. The third-order valence-electron chi connectivity index (χ3n) is 3.51. The molecule has 0 aliphatic heterocycles. The van der Waals surface area contributed by atoms with Crippen molar-refractivity contribution in [1.82, 2.24) is 4.90 Å². The van der Waals surface area contributed by atoms with Crippen LogP contribution in [0.1, 0.15) is 45.6 Å². The van der Waals surface area contributed by atoms with E-state index in [2.05, 4.69) is 55.0 Å². The summed E-state index contributed by atoms with van der Waals surface area (Å²) in [6, 6.07) is 8.32. The molecular weight excluding hydrogens is 260 g/mol. The lowest BCUT2D eigenvalue weighted by Crippen LogP contribution is -2.29. The van der Waals surface area contributed by atoms with Gasteiger partial charge in [0, 0.05) is 12.2 Å². The van der Waals surface area contributed by atoms with Crippen LogP contribution in [0.3, 0.4) is 0 Å². The quantitative estimate of drug-likeness (QED) is 0.571. The Labute approximate surface area is 129 Å². The summed E-state index contributed by atoms with van der Waals surface area (Å²) in [5.74, 6) is 1.00. The molecule has 0 amide bonds. The first kappa shape index (κ1) is 17.5. The predicted octanol–water partition coefficient (Wildman–Crippen LogP) is 3.27. The first-order valence-electron chi connectivity index (χ1n) is 7.96. The number of hydrogen-bond acceptors (Lipinski definition) is 2. The van der Waals surface area contributed by atoms with Gasteiger partial charge in [0.05, 0.1) is 6.54 Å². The van der Waals surface area contributed by atoms with E-state index in [4.69, 9.17) is 5.73 Å². The molecule has 118 valence electrons. The number of guanidine groups is 1. The van der Waals surface area contributed by atoms with Crippen molar-refractivity contribution < 1.29 is 0 Å². The Hall–Kier alpha value is -1.55. The number of hydrogen-bond donors (Lipinski definition) is 2. The molecule has 3 N–H and O–H groups in total. The lowest BCUT2D eigenvalue weighted by Gasteiger charge is -2.18. The summed E-state index contributed by atoms with van der Waals surface area (Å²) < 4.78 is 0. The van der Waals surface area contributed by atoms with E-state index in [1.807, 2.05) is 12.1 Å². The topological polar surface area (TPSA) is 53.6 Å². The number of anilines is 1. The molecule has 0 aliphatic rings. The van der Waals surface area contributed by atoms with Crippen LogP contribution < -0.4 is 11.1 Å².